The van der Waals surface area contributed by atoms with E-state index < -0.39 is 0 Å². The van der Waals surface area contributed by atoms with Gasteiger partial charge in [-0.2, -0.15) is 0 Å². The lowest BCUT2D eigenvalue weighted by molar-refractivity contribution is -0.118. The number of hydrogen-bond donors (Lipinski definition) is 1. The molecule has 0 radical (unpaired) electrons. The number of primary amides is 1. The van der Waals surface area contributed by atoms with Gasteiger partial charge in [-0.25, -0.2) is 0 Å². The Morgan fingerprint density at radius 1 is 0.967 bits per heavy atom. The van der Waals surface area contributed by atoms with Crippen LogP contribution in [-0.4, -0.2) is 37.6 Å². The minimum absolute atomic E-state index is 0.170. The summed E-state index contributed by atoms with van der Waals surface area (Å²) in [6.07, 6.45) is 27.7. The van der Waals surface area contributed by atoms with Crippen LogP contribution in [0.5, 0.6) is 5.75 Å². The number of terminal acetylenes is 2. The van der Waals surface area contributed by atoms with Gasteiger partial charge >= 0.3 is 0 Å². The maximum Gasteiger partial charge on any atom is 0.217 e. The lowest BCUT2D eigenvalue weighted by atomic mass is 10.1. The lowest BCUT2D eigenvalue weighted by Crippen LogP contribution is -2.20. The van der Waals surface area contributed by atoms with Gasteiger partial charge < -0.3 is 15.4 Å². The highest BCUT2D eigenvalue weighted by Gasteiger charge is 2.10. The molecule has 0 aliphatic carbocycles. The monoisotopic (exact) mass is 414 g/mol. The summed E-state index contributed by atoms with van der Waals surface area (Å²) >= 11 is 0. The molecule has 0 atom stereocenters. The van der Waals surface area contributed by atoms with Gasteiger partial charge in [-0.15, -0.1) is 25.7 Å². The second-order valence-corrected chi connectivity index (χ2v) is 7.13. The Kier molecular flexibility index (Phi) is 22.7. The summed E-state index contributed by atoms with van der Waals surface area (Å²) in [7, 11) is 1.71. The highest BCUT2D eigenvalue weighted by molar-refractivity contribution is 5.73. The Labute approximate surface area is 185 Å². The van der Waals surface area contributed by atoms with Crippen molar-refractivity contribution in [1.29, 1.82) is 0 Å². The molecule has 1 amide bonds. The molecular formula is C26H42N2O2. The van der Waals surface area contributed by atoms with Crippen molar-refractivity contribution < 1.29 is 9.53 Å². The van der Waals surface area contributed by atoms with Crippen molar-refractivity contribution in [3.05, 3.63) is 29.8 Å². The third-order valence-corrected chi connectivity index (χ3v) is 4.82. The number of nitrogens with zero attached hydrogens (tertiary/aromatic N) is 1. The van der Waals surface area contributed by atoms with Crippen LogP contribution in [0.2, 0.25) is 0 Å². The average molecular weight is 415 g/mol. The summed E-state index contributed by atoms with van der Waals surface area (Å²) in [4.78, 5) is 12.8. The van der Waals surface area contributed by atoms with Gasteiger partial charge in [-0.3, -0.25) is 4.79 Å². The van der Waals surface area contributed by atoms with E-state index in [1.54, 1.807) is 7.11 Å². The zero-order valence-electron chi connectivity index (χ0n) is 19.2. The van der Waals surface area contributed by atoms with Crippen LogP contribution in [0.25, 0.3) is 0 Å². The number of hydrogen-bond acceptors (Lipinski definition) is 3. The van der Waals surface area contributed by atoms with E-state index in [1.165, 1.54) is 70.1 Å². The van der Waals surface area contributed by atoms with Crippen LogP contribution in [0.15, 0.2) is 24.3 Å². The Balaban J connectivity index is 0. The highest BCUT2D eigenvalue weighted by atomic mass is 16.5. The van der Waals surface area contributed by atoms with E-state index in [1.807, 2.05) is 12.1 Å². The summed E-state index contributed by atoms with van der Waals surface area (Å²) < 4.78 is 5.15. The largest absolute Gasteiger partial charge is 0.497 e. The van der Waals surface area contributed by atoms with Crippen molar-refractivity contribution in [3.63, 3.8) is 0 Å². The third kappa shape index (κ3) is 17.7. The molecule has 4 heteroatoms. The molecule has 168 valence electrons. The molecule has 4 nitrogen and oxygen atoms in total. The molecule has 0 unspecified atom stereocenters. The first-order valence-corrected chi connectivity index (χ1v) is 11.0. The quantitative estimate of drug-likeness (QED) is 0.407. The molecule has 0 bridgehead atoms. The number of likely N-dealkylation sites (tertiary alicyclic amines) is 1. The Morgan fingerprint density at radius 3 is 2.03 bits per heavy atom. The minimum atomic E-state index is -0.170. The maximum atomic E-state index is 10.3. The number of unbranched alkanes of at least 4 members (excludes halogenated alkanes) is 4. The molecule has 1 saturated heterocycles. The number of amides is 1. The van der Waals surface area contributed by atoms with Crippen molar-refractivity contribution >= 4 is 5.91 Å². The molecule has 1 aliphatic rings. The van der Waals surface area contributed by atoms with Crippen molar-refractivity contribution in [2.75, 3.05) is 26.7 Å². The number of benzene rings is 1. The van der Waals surface area contributed by atoms with Crippen LogP contribution in [-0.2, 0) is 11.2 Å². The van der Waals surface area contributed by atoms with Gasteiger partial charge in [0, 0.05) is 6.42 Å². The fourth-order valence-corrected chi connectivity index (χ4v) is 3.21. The summed E-state index contributed by atoms with van der Waals surface area (Å²) in [6.45, 7) is 6.05. The standard InChI is InChI=1S/C14H21NO.C8H17NO.2C2H2/c1-16-14-8-6-13(7-9-14)5-4-12-15-10-2-3-11-15;1-2-3-4-5-6-7-8(9)10;2*1-2/h6-9H,2-5,10-12H2,1H3;2-7H2,1H3,(H2,9,10);2*1-2H. The fourth-order valence-electron chi connectivity index (χ4n) is 3.21. The second kappa shape index (κ2) is 22.9. The predicted molar refractivity (Wildman–Crippen MR) is 129 cm³/mol. The van der Waals surface area contributed by atoms with E-state index in [0.29, 0.717) is 6.42 Å². The first-order chi connectivity index (χ1) is 14.7. The Bertz CT molecular complexity index is 537. The van der Waals surface area contributed by atoms with Gasteiger partial charge in [0.15, 0.2) is 0 Å². The molecule has 0 aromatic heterocycles. The molecule has 0 spiro atoms. The third-order valence-electron chi connectivity index (χ3n) is 4.82. The number of methoxy groups -OCH3 is 1. The molecule has 2 N–H and O–H groups in total. The fraction of sp³-hybridized carbons (Fsp3) is 0.577. The van der Waals surface area contributed by atoms with Gasteiger partial charge in [-0.1, -0.05) is 44.7 Å². The van der Waals surface area contributed by atoms with Crippen molar-refractivity contribution in [2.45, 2.75) is 71.1 Å². The zero-order chi connectivity index (χ0) is 23.0. The van der Waals surface area contributed by atoms with E-state index in [9.17, 15) is 4.79 Å². The molecule has 0 saturated carbocycles. The van der Waals surface area contributed by atoms with Crippen molar-refractivity contribution in [1.82, 2.24) is 4.90 Å². The number of rotatable bonds is 11. The molecule has 1 aromatic rings. The molecular weight excluding hydrogens is 372 g/mol. The van der Waals surface area contributed by atoms with E-state index in [-0.39, 0.29) is 5.91 Å². The van der Waals surface area contributed by atoms with E-state index >= 15 is 0 Å². The normalized spacial score (nSPS) is 12.2. The first-order valence-electron chi connectivity index (χ1n) is 11.0. The van der Waals surface area contributed by atoms with Gasteiger partial charge in [0.2, 0.25) is 5.91 Å². The SMILES string of the molecule is C#C.C#C.CCCCCCCC(N)=O.COc1ccc(CCCN2CCCC2)cc1. The number of carbonyl (C=O) groups is 1. The lowest BCUT2D eigenvalue weighted by Gasteiger charge is -2.13. The molecule has 2 rings (SSSR count). The first kappa shape index (κ1) is 29.8. The Morgan fingerprint density at radius 2 is 1.53 bits per heavy atom. The average Bonchev–Trinajstić information content (AvgIpc) is 3.31. The van der Waals surface area contributed by atoms with E-state index in [4.69, 9.17) is 10.5 Å². The van der Waals surface area contributed by atoms with Gasteiger partial charge in [0.25, 0.3) is 0 Å². The molecule has 1 aliphatic heterocycles. The summed E-state index contributed by atoms with van der Waals surface area (Å²) in [5.74, 6) is 0.778. The van der Waals surface area contributed by atoms with Gasteiger partial charge in [0.1, 0.15) is 5.75 Å². The number of nitrogens with two attached hydrogens (primary N) is 1. The number of ether oxygens (including phenoxy) is 1. The molecule has 1 fully saturated rings. The summed E-state index contributed by atoms with van der Waals surface area (Å²) in [5.41, 5.74) is 6.38. The van der Waals surface area contributed by atoms with Crippen LogP contribution < -0.4 is 10.5 Å². The van der Waals surface area contributed by atoms with Crippen LogP contribution in [0.4, 0.5) is 0 Å². The smallest absolute Gasteiger partial charge is 0.217 e. The number of carbonyl (C=O) groups excluding carboxylic acids is 1. The zero-order valence-corrected chi connectivity index (χ0v) is 19.2. The maximum absolute atomic E-state index is 10.3. The van der Waals surface area contributed by atoms with E-state index in [2.05, 4.69) is 49.6 Å². The van der Waals surface area contributed by atoms with E-state index in [0.717, 1.165) is 18.6 Å². The molecule has 1 aromatic carbocycles. The Hall–Kier alpha value is -2.43. The van der Waals surface area contributed by atoms with Gasteiger partial charge in [0.05, 0.1) is 7.11 Å². The summed E-state index contributed by atoms with van der Waals surface area (Å²) in [6, 6.07) is 8.43. The molecule has 30 heavy (non-hydrogen) atoms. The van der Waals surface area contributed by atoms with Crippen molar-refractivity contribution in [2.24, 2.45) is 5.73 Å². The van der Waals surface area contributed by atoms with Crippen LogP contribution >= 0.6 is 0 Å². The van der Waals surface area contributed by atoms with Gasteiger partial charge in [-0.05, 0) is 69.4 Å². The van der Waals surface area contributed by atoms with Crippen LogP contribution in [0, 0.1) is 25.7 Å². The predicted octanol–water partition coefficient (Wildman–Crippen LogP) is 5.05. The molecule has 1 heterocycles. The second-order valence-electron chi connectivity index (χ2n) is 7.13. The van der Waals surface area contributed by atoms with Crippen molar-refractivity contribution in [3.8, 4) is 31.4 Å². The summed E-state index contributed by atoms with van der Waals surface area (Å²) in [5, 5.41) is 0. The minimum Gasteiger partial charge on any atom is -0.497 e. The van der Waals surface area contributed by atoms with Crippen LogP contribution in [0.1, 0.15) is 70.3 Å². The highest BCUT2D eigenvalue weighted by Crippen LogP contribution is 2.14. The van der Waals surface area contributed by atoms with Crippen LogP contribution in [0.3, 0.4) is 0 Å². The topological polar surface area (TPSA) is 55.6 Å². The number of aryl methyl sites for hydroxylation is 1.